The fourth-order valence-corrected chi connectivity index (χ4v) is 3.22. The van der Waals surface area contributed by atoms with E-state index in [4.69, 9.17) is 0 Å². The van der Waals surface area contributed by atoms with E-state index < -0.39 is 0 Å². The Balaban J connectivity index is 2.03. The molecule has 2 heterocycles. The fourth-order valence-electron chi connectivity index (χ4n) is 2.36. The number of nitrogens with one attached hydrogen (secondary N) is 1. The van der Waals surface area contributed by atoms with Crippen LogP contribution in [-0.4, -0.2) is 22.9 Å². The summed E-state index contributed by atoms with van der Waals surface area (Å²) in [5.41, 5.74) is 2.12. The van der Waals surface area contributed by atoms with Crippen LogP contribution in [0.4, 0.5) is 5.69 Å². The van der Waals surface area contributed by atoms with Crippen molar-refractivity contribution in [1.29, 1.82) is 0 Å². The van der Waals surface area contributed by atoms with Gasteiger partial charge in [0.25, 0.3) is 11.5 Å². The van der Waals surface area contributed by atoms with Crippen molar-refractivity contribution in [2.24, 2.45) is 0 Å². The van der Waals surface area contributed by atoms with E-state index in [0.29, 0.717) is 5.56 Å². The van der Waals surface area contributed by atoms with Gasteiger partial charge in [0.05, 0.1) is 15.2 Å². The SMILES string of the molecule is Cc1nc2ccc(N(C)C(=O)c3c(C)cc[nH]c3=O)cc2s1. The number of hydrogen-bond acceptors (Lipinski definition) is 4. The number of amides is 1. The second kappa shape index (κ2) is 5.38. The average Bonchev–Trinajstić information content (AvgIpc) is 2.85. The van der Waals surface area contributed by atoms with Gasteiger partial charge in [-0.05, 0) is 43.7 Å². The quantitative estimate of drug-likeness (QED) is 0.791. The number of anilines is 1. The van der Waals surface area contributed by atoms with Crippen LogP contribution in [0.25, 0.3) is 10.2 Å². The van der Waals surface area contributed by atoms with Gasteiger partial charge < -0.3 is 9.88 Å². The Morgan fingerprint density at radius 1 is 1.27 bits per heavy atom. The van der Waals surface area contributed by atoms with Crippen LogP contribution in [0.5, 0.6) is 0 Å². The summed E-state index contributed by atoms with van der Waals surface area (Å²) in [5.74, 6) is -0.320. The molecule has 0 unspecified atom stereocenters. The first-order valence-corrected chi connectivity index (χ1v) is 7.62. The molecule has 0 fully saturated rings. The van der Waals surface area contributed by atoms with E-state index in [-0.39, 0.29) is 17.0 Å². The van der Waals surface area contributed by atoms with E-state index in [1.54, 1.807) is 37.6 Å². The van der Waals surface area contributed by atoms with Crippen molar-refractivity contribution in [3.05, 3.63) is 57.0 Å². The Bertz CT molecular complexity index is 927. The lowest BCUT2D eigenvalue weighted by Gasteiger charge is -2.17. The first kappa shape index (κ1) is 14.5. The molecule has 6 heteroatoms. The molecule has 22 heavy (non-hydrogen) atoms. The van der Waals surface area contributed by atoms with Crippen LogP contribution >= 0.6 is 11.3 Å². The van der Waals surface area contributed by atoms with Crippen molar-refractivity contribution in [1.82, 2.24) is 9.97 Å². The zero-order chi connectivity index (χ0) is 15.9. The number of fused-ring (bicyclic) bond motifs is 1. The van der Waals surface area contributed by atoms with Crippen LogP contribution in [-0.2, 0) is 0 Å². The molecule has 1 N–H and O–H groups in total. The summed E-state index contributed by atoms with van der Waals surface area (Å²) in [4.78, 5) is 33.0. The number of pyridine rings is 1. The molecular weight excluding hydrogens is 298 g/mol. The van der Waals surface area contributed by atoms with Gasteiger partial charge in [0.1, 0.15) is 5.56 Å². The largest absolute Gasteiger partial charge is 0.328 e. The number of carbonyl (C=O) groups excluding carboxylic acids is 1. The third kappa shape index (κ3) is 2.42. The van der Waals surface area contributed by atoms with Crippen LogP contribution in [0.1, 0.15) is 20.9 Å². The lowest BCUT2D eigenvalue weighted by molar-refractivity contribution is 0.0991. The summed E-state index contributed by atoms with van der Waals surface area (Å²) in [6.45, 7) is 3.71. The molecule has 1 amide bonds. The van der Waals surface area contributed by atoms with Gasteiger partial charge in [-0.2, -0.15) is 0 Å². The second-order valence-corrected chi connectivity index (χ2v) is 6.35. The molecule has 0 aliphatic rings. The summed E-state index contributed by atoms with van der Waals surface area (Å²) in [5, 5.41) is 0.983. The number of aromatic nitrogens is 2. The van der Waals surface area contributed by atoms with E-state index in [9.17, 15) is 9.59 Å². The van der Waals surface area contributed by atoms with Gasteiger partial charge in [-0.3, -0.25) is 9.59 Å². The molecule has 5 nitrogen and oxygen atoms in total. The highest BCUT2D eigenvalue weighted by atomic mass is 32.1. The van der Waals surface area contributed by atoms with Gasteiger partial charge in [-0.1, -0.05) is 0 Å². The van der Waals surface area contributed by atoms with Crippen molar-refractivity contribution in [3.8, 4) is 0 Å². The smallest absolute Gasteiger partial charge is 0.263 e. The normalized spacial score (nSPS) is 10.9. The lowest BCUT2D eigenvalue weighted by atomic mass is 10.1. The summed E-state index contributed by atoms with van der Waals surface area (Å²) in [6.07, 6.45) is 1.54. The number of nitrogens with zero attached hydrogens (tertiary/aromatic N) is 2. The summed E-state index contributed by atoms with van der Waals surface area (Å²) in [7, 11) is 1.67. The molecule has 0 saturated heterocycles. The average molecular weight is 313 g/mol. The molecule has 2 aromatic heterocycles. The van der Waals surface area contributed by atoms with Crippen LogP contribution in [0.2, 0.25) is 0 Å². The predicted octanol–water partition coefficient (Wildman–Crippen LogP) is 2.88. The van der Waals surface area contributed by atoms with Gasteiger partial charge in [-0.25, -0.2) is 4.98 Å². The monoisotopic (exact) mass is 313 g/mol. The molecular formula is C16H15N3O2S. The molecule has 1 aromatic carbocycles. The number of aromatic amines is 1. The number of aryl methyl sites for hydroxylation is 2. The molecule has 0 bridgehead atoms. The Labute approximate surface area is 131 Å². The van der Waals surface area contributed by atoms with E-state index in [2.05, 4.69) is 9.97 Å². The molecule has 3 aromatic rings. The number of benzene rings is 1. The molecule has 0 spiro atoms. The Morgan fingerprint density at radius 3 is 2.77 bits per heavy atom. The Morgan fingerprint density at radius 2 is 2.05 bits per heavy atom. The molecule has 112 valence electrons. The second-order valence-electron chi connectivity index (χ2n) is 5.11. The molecule has 3 rings (SSSR count). The minimum absolute atomic E-state index is 0.172. The lowest BCUT2D eigenvalue weighted by Crippen LogP contribution is -2.32. The zero-order valence-electron chi connectivity index (χ0n) is 12.5. The molecule has 0 saturated carbocycles. The van der Waals surface area contributed by atoms with Crippen LogP contribution in [0.15, 0.2) is 35.3 Å². The highest BCUT2D eigenvalue weighted by Crippen LogP contribution is 2.26. The highest BCUT2D eigenvalue weighted by molar-refractivity contribution is 7.18. The van der Waals surface area contributed by atoms with E-state index in [1.807, 2.05) is 25.1 Å². The summed E-state index contributed by atoms with van der Waals surface area (Å²) in [6, 6.07) is 7.37. The van der Waals surface area contributed by atoms with E-state index in [0.717, 1.165) is 20.9 Å². The maximum absolute atomic E-state index is 12.6. The third-order valence-electron chi connectivity index (χ3n) is 3.55. The third-order valence-corrected chi connectivity index (χ3v) is 4.49. The summed E-state index contributed by atoms with van der Waals surface area (Å²) < 4.78 is 1.02. The van der Waals surface area contributed by atoms with Crippen LogP contribution in [0.3, 0.4) is 0 Å². The number of H-pyrrole nitrogens is 1. The fraction of sp³-hybridized carbons (Fsp3) is 0.188. The van der Waals surface area contributed by atoms with Gasteiger partial charge in [0.15, 0.2) is 0 Å². The minimum Gasteiger partial charge on any atom is -0.328 e. The first-order chi connectivity index (χ1) is 10.5. The zero-order valence-corrected chi connectivity index (χ0v) is 13.3. The first-order valence-electron chi connectivity index (χ1n) is 6.81. The molecule has 0 atom stereocenters. The maximum Gasteiger partial charge on any atom is 0.263 e. The van der Waals surface area contributed by atoms with Crippen molar-refractivity contribution < 1.29 is 4.79 Å². The Hall–Kier alpha value is -2.47. The van der Waals surface area contributed by atoms with Crippen molar-refractivity contribution in [2.75, 3.05) is 11.9 Å². The van der Waals surface area contributed by atoms with E-state index in [1.165, 1.54) is 4.90 Å². The predicted molar refractivity (Wildman–Crippen MR) is 88.9 cm³/mol. The van der Waals surface area contributed by atoms with Gasteiger partial charge >= 0.3 is 0 Å². The number of hydrogen-bond donors (Lipinski definition) is 1. The highest BCUT2D eigenvalue weighted by Gasteiger charge is 2.19. The topological polar surface area (TPSA) is 66.1 Å². The van der Waals surface area contributed by atoms with Gasteiger partial charge in [0, 0.05) is 18.9 Å². The van der Waals surface area contributed by atoms with E-state index >= 15 is 0 Å². The summed E-state index contributed by atoms with van der Waals surface area (Å²) >= 11 is 1.58. The van der Waals surface area contributed by atoms with Gasteiger partial charge in [-0.15, -0.1) is 11.3 Å². The number of thiazole rings is 1. The van der Waals surface area contributed by atoms with Crippen molar-refractivity contribution in [3.63, 3.8) is 0 Å². The standard InChI is InChI=1S/C16H15N3O2S/c1-9-6-7-17-15(20)14(9)16(21)19(3)11-4-5-12-13(8-11)22-10(2)18-12/h4-8H,1-3H3,(H,17,20). The van der Waals surface area contributed by atoms with Crippen LogP contribution in [0, 0.1) is 13.8 Å². The molecule has 0 radical (unpaired) electrons. The molecule has 0 aliphatic heterocycles. The maximum atomic E-state index is 12.6. The minimum atomic E-state index is -0.369. The molecule has 0 aliphatic carbocycles. The van der Waals surface area contributed by atoms with Gasteiger partial charge in [0.2, 0.25) is 0 Å². The number of rotatable bonds is 2. The Kier molecular flexibility index (Phi) is 3.54. The van der Waals surface area contributed by atoms with Crippen LogP contribution < -0.4 is 10.5 Å². The van der Waals surface area contributed by atoms with Crippen molar-refractivity contribution >= 4 is 33.1 Å². The van der Waals surface area contributed by atoms with Crippen molar-refractivity contribution in [2.45, 2.75) is 13.8 Å². The number of carbonyl (C=O) groups is 1.